The van der Waals surface area contributed by atoms with Gasteiger partial charge < -0.3 is 15.2 Å². The summed E-state index contributed by atoms with van der Waals surface area (Å²) in [4.78, 5) is 4.33. The molecule has 102 valence electrons. The summed E-state index contributed by atoms with van der Waals surface area (Å²) in [6.45, 7) is 2.72. The molecule has 0 atom stereocenters. The van der Waals surface area contributed by atoms with Gasteiger partial charge in [0.2, 0.25) is 0 Å². The van der Waals surface area contributed by atoms with Gasteiger partial charge in [0.25, 0.3) is 0 Å². The fraction of sp³-hybridized carbons (Fsp3) is 0.308. The van der Waals surface area contributed by atoms with Crippen molar-refractivity contribution in [3.8, 4) is 11.5 Å². The predicted molar refractivity (Wildman–Crippen MR) is 77.1 cm³/mol. The molecule has 0 saturated carbocycles. The zero-order valence-corrected chi connectivity index (χ0v) is 12.3. The molecule has 0 amide bonds. The highest BCUT2D eigenvalue weighted by atomic mass is 35.5. The van der Waals surface area contributed by atoms with Crippen LogP contribution in [0.25, 0.3) is 0 Å². The molecule has 0 saturated heterocycles. The van der Waals surface area contributed by atoms with Crippen molar-refractivity contribution in [1.82, 2.24) is 4.98 Å². The Morgan fingerprint density at radius 1 is 1.42 bits per heavy atom. The van der Waals surface area contributed by atoms with E-state index in [-0.39, 0.29) is 0 Å². The molecule has 0 fully saturated rings. The van der Waals surface area contributed by atoms with Crippen molar-refractivity contribution in [2.24, 2.45) is 5.73 Å². The maximum atomic E-state index is 6.19. The molecule has 0 aliphatic heterocycles. The highest BCUT2D eigenvalue weighted by molar-refractivity contribution is 7.09. The molecule has 0 spiro atoms. The lowest BCUT2D eigenvalue weighted by Crippen LogP contribution is -2.01. The van der Waals surface area contributed by atoms with Gasteiger partial charge in [-0.2, -0.15) is 0 Å². The SMILES string of the molecule is COc1cc(CN)cc(Cl)c1OCc1nc(C)cs1. The largest absolute Gasteiger partial charge is 0.493 e. The molecule has 4 nitrogen and oxygen atoms in total. The third-order valence-corrected chi connectivity index (χ3v) is 3.75. The summed E-state index contributed by atoms with van der Waals surface area (Å²) < 4.78 is 11.0. The Hall–Kier alpha value is -1.30. The fourth-order valence-electron chi connectivity index (χ4n) is 1.63. The first-order valence-corrected chi connectivity index (χ1v) is 7.00. The molecule has 1 heterocycles. The number of thiazole rings is 1. The minimum absolute atomic E-state index is 0.372. The summed E-state index contributed by atoms with van der Waals surface area (Å²) in [7, 11) is 1.58. The Kier molecular flexibility index (Phi) is 4.63. The highest BCUT2D eigenvalue weighted by Crippen LogP contribution is 2.36. The number of hydrogen-bond donors (Lipinski definition) is 1. The van der Waals surface area contributed by atoms with Crippen molar-refractivity contribution in [2.75, 3.05) is 7.11 Å². The second kappa shape index (κ2) is 6.23. The molecule has 6 heteroatoms. The topological polar surface area (TPSA) is 57.4 Å². The number of rotatable bonds is 5. The minimum atomic E-state index is 0.372. The van der Waals surface area contributed by atoms with Crippen molar-refractivity contribution < 1.29 is 9.47 Å². The average molecular weight is 299 g/mol. The van der Waals surface area contributed by atoms with E-state index < -0.39 is 0 Å². The van der Waals surface area contributed by atoms with Gasteiger partial charge in [0.15, 0.2) is 11.5 Å². The Morgan fingerprint density at radius 2 is 2.21 bits per heavy atom. The van der Waals surface area contributed by atoms with E-state index in [2.05, 4.69) is 4.98 Å². The highest BCUT2D eigenvalue weighted by Gasteiger charge is 2.12. The lowest BCUT2D eigenvalue weighted by atomic mass is 10.2. The van der Waals surface area contributed by atoms with Gasteiger partial charge in [-0.1, -0.05) is 11.6 Å². The molecule has 0 bridgehead atoms. The molecule has 0 aliphatic rings. The lowest BCUT2D eigenvalue weighted by Gasteiger charge is -2.13. The minimum Gasteiger partial charge on any atom is -0.493 e. The smallest absolute Gasteiger partial charge is 0.180 e. The van der Waals surface area contributed by atoms with E-state index in [4.69, 9.17) is 26.8 Å². The lowest BCUT2D eigenvalue weighted by molar-refractivity contribution is 0.284. The zero-order valence-electron chi connectivity index (χ0n) is 10.8. The molecule has 1 aromatic heterocycles. The number of nitrogens with two attached hydrogens (primary N) is 1. The number of nitrogens with zero attached hydrogens (tertiary/aromatic N) is 1. The second-order valence-electron chi connectivity index (χ2n) is 3.98. The molecule has 0 radical (unpaired) electrons. The van der Waals surface area contributed by atoms with Crippen molar-refractivity contribution in [3.05, 3.63) is 38.8 Å². The van der Waals surface area contributed by atoms with E-state index in [1.807, 2.05) is 18.4 Å². The van der Waals surface area contributed by atoms with Crippen molar-refractivity contribution in [2.45, 2.75) is 20.1 Å². The van der Waals surface area contributed by atoms with E-state index in [1.165, 1.54) is 0 Å². The zero-order chi connectivity index (χ0) is 13.8. The van der Waals surface area contributed by atoms with Crippen LogP contribution in [0.1, 0.15) is 16.3 Å². The van der Waals surface area contributed by atoms with Crippen molar-refractivity contribution in [1.29, 1.82) is 0 Å². The first kappa shape index (κ1) is 14.1. The standard InChI is InChI=1S/C13H15ClN2O2S/c1-8-7-19-12(16-8)6-18-13-10(14)3-9(5-15)4-11(13)17-2/h3-4,7H,5-6,15H2,1-2H3. The van der Waals surface area contributed by atoms with Gasteiger partial charge in [-0.25, -0.2) is 4.98 Å². The molecule has 2 N–H and O–H groups in total. The Labute approximate surface area is 121 Å². The fourth-order valence-corrected chi connectivity index (χ4v) is 2.60. The van der Waals surface area contributed by atoms with Crippen LogP contribution in [0.5, 0.6) is 11.5 Å². The van der Waals surface area contributed by atoms with Crippen LogP contribution in [-0.2, 0) is 13.2 Å². The Bertz CT molecular complexity index is 572. The molecular weight excluding hydrogens is 284 g/mol. The van der Waals surface area contributed by atoms with E-state index in [1.54, 1.807) is 24.5 Å². The molecular formula is C13H15ClN2O2S. The van der Waals surface area contributed by atoms with Crippen LogP contribution >= 0.6 is 22.9 Å². The van der Waals surface area contributed by atoms with Gasteiger partial charge in [-0.05, 0) is 24.6 Å². The van der Waals surface area contributed by atoms with Crippen LogP contribution in [0.3, 0.4) is 0 Å². The maximum absolute atomic E-state index is 6.19. The Morgan fingerprint density at radius 3 is 2.79 bits per heavy atom. The monoisotopic (exact) mass is 298 g/mol. The Balaban J connectivity index is 2.19. The molecule has 0 aliphatic carbocycles. The molecule has 1 aromatic carbocycles. The third-order valence-electron chi connectivity index (χ3n) is 2.53. The van der Waals surface area contributed by atoms with Gasteiger partial charge in [0.05, 0.1) is 12.1 Å². The van der Waals surface area contributed by atoms with Crippen LogP contribution in [0.15, 0.2) is 17.5 Å². The number of aromatic nitrogens is 1. The van der Waals surface area contributed by atoms with Gasteiger partial charge >= 0.3 is 0 Å². The van der Waals surface area contributed by atoms with Crippen LogP contribution in [-0.4, -0.2) is 12.1 Å². The van der Waals surface area contributed by atoms with E-state index in [0.29, 0.717) is 29.7 Å². The number of methoxy groups -OCH3 is 1. The van der Waals surface area contributed by atoms with Crippen molar-refractivity contribution >= 4 is 22.9 Å². The van der Waals surface area contributed by atoms with Gasteiger partial charge in [-0.3, -0.25) is 0 Å². The summed E-state index contributed by atoms with van der Waals surface area (Å²) in [5.41, 5.74) is 7.49. The molecule has 0 unspecified atom stereocenters. The maximum Gasteiger partial charge on any atom is 0.180 e. The van der Waals surface area contributed by atoms with Crippen LogP contribution in [0.4, 0.5) is 0 Å². The molecule has 2 rings (SSSR count). The molecule has 2 aromatic rings. The van der Waals surface area contributed by atoms with Crippen LogP contribution < -0.4 is 15.2 Å². The normalized spacial score (nSPS) is 10.5. The van der Waals surface area contributed by atoms with E-state index in [9.17, 15) is 0 Å². The summed E-state index contributed by atoms with van der Waals surface area (Å²) in [6.07, 6.45) is 0. The van der Waals surface area contributed by atoms with E-state index in [0.717, 1.165) is 16.3 Å². The summed E-state index contributed by atoms with van der Waals surface area (Å²) in [5, 5.41) is 3.38. The summed E-state index contributed by atoms with van der Waals surface area (Å²) in [6, 6.07) is 3.61. The average Bonchev–Trinajstić information content (AvgIpc) is 2.82. The number of ether oxygens (including phenoxy) is 2. The number of hydrogen-bond acceptors (Lipinski definition) is 5. The molecule has 19 heavy (non-hydrogen) atoms. The van der Waals surface area contributed by atoms with Gasteiger partial charge in [0, 0.05) is 17.6 Å². The van der Waals surface area contributed by atoms with Gasteiger partial charge in [0.1, 0.15) is 11.6 Å². The van der Waals surface area contributed by atoms with Crippen LogP contribution in [0, 0.1) is 6.92 Å². The number of halogens is 1. The number of aryl methyl sites for hydroxylation is 1. The predicted octanol–water partition coefficient (Wildman–Crippen LogP) is 3.15. The van der Waals surface area contributed by atoms with E-state index >= 15 is 0 Å². The number of benzene rings is 1. The van der Waals surface area contributed by atoms with Crippen molar-refractivity contribution in [3.63, 3.8) is 0 Å². The summed E-state index contributed by atoms with van der Waals surface area (Å²) >= 11 is 7.74. The first-order valence-electron chi connectivity index (χ1n) is 5.74. The third kappa shape index (κ3) is 3.37. The van der Waals surface area contributed by atoms with Crippen LogP contribution in [0.2, 0.25) is 5.02 Å². The summed E-state index contributed by atoms with van der Waals surface area (Å²) in [5.74, 6) is 1.11. The quantitative estimate of drug-likeness (QED) is 0.921. The van der Waals surface area contributed by atoms with Gasteiger partial charge in [-0.15, -0.1) is 11.3 Å². The first-order chi connectivity index (χ1) is 9.13. The second-order valence-corrected chi connectivity index (χ2v) is 5.33.